The van der Waals surface area contributed by atoms with Crippen molar-refractivity contribution in [3.63, 3.8) is 0 Å². The van der Waals surface area contributed by atoms with Crippen LogP contribution in [0.15, 0.2) is 0 Å². The van der Waals surface area contributed by atoms with Gasteiger partial charge in [-0.25, -0.2) is 4.79 Å². The molecule has 0 spiro atoms. The van der Waals surface area contributed by atoms with Crippen LogP contribution < -0.4 is 5.32 Å². The van der Waals surface area contributed by atoms with Crippen LogP contribution in [0.25, 0.3) is 0 Å². The summed E-state index contributed by atoms with van der Waals surface area (Å²) in [4.78, 5) is 36.7. The number of hydrogen-bond acceptors (Lipinski definition) is 4. The third-order valence-corrected chi connectivity index (χ3v) is 4.21. The first-order chi connectivity index (χ1) is 9.30. The van der Waals surface area contributed by atoms with E-state index in [-0.39, 0.29) is 24.0 Å². The Kier molecular flexibility index (Phi) is 3.73. The number of carbonyl (C=O) groups excluding carboxylic acids is 2. The third-order valence-electron chi connectivity index (χ3n) is 4.21. The van der Waals surface area contributed by atoms with Gasteiger partial charge in [-0.15, -0.1) is 0 Å². The Hall–Kier alpha value is -1.63. The number of fused-ring (bicyclic) bond motifs is 1. The maximum absolute atomic E-state index is 12.6. The van der Waals surface area contributed by atoms with Crippen molar-refractivity contribution < 1.29 is 24.2 Å². The standard InChI is InChI=1S/C13H20N2O5/c1-7(16)14-13(2)6-10(20-3)8-4-5-9(11(17)18)15(8)12(13)19/h8-10H,4-6H2,1-3H3,(H,14,16)(H,17,18)/t8-,9-,10-,13-/m0/s1. The molecule has 20 heavy (non-hydrogen) atoms. The summed E-state index contributed by atoms with van der Waals surface area (Å²) in [6.07, 6.45) is 1.11. The van der Waals surface area contributed by atoms with Crippen LogP contribution in [0.5, 0.6) is 0 Å². The summed E-state index contributed by atoms with van der Waals surface area (Å²) in [6, 6.07) is -1.06. The van der Waals surface area contributed by atoms with E-state index in [9.17, 15) is 19.5 Å². The number of carbonyl (C=O) groups is 3. The number of rotatable bonds is 3. The molecule has 4 atom stereocenters. The van der Waals surface area contributed by atoms with E-state index in [0.29, 0.717) is 19.3 Å². The summed E-state index contributed by atoms with van der Waals surface area (Å²) in [5.41, 5.74) is -1.11. The first-order valence-corrected chi connectivity index (χ1v) is 6.67. The number of methoxy groups -OCH3 is 1. The number of amides is 2. The van der Waals surface area contributed by atoms with E-state index in [2.05, 4.69) is 5.32 Å². The van der Waals surface area contributed by atoms with E-state index >= 15 is 0 Å². The molecule has 0 aliphatic carbocycles. The molecular weight excluding hydrogens is 264 g/mol. The monoisotopic (exact) mass is 284 g/mol. The van der Waals surface area contributed by atoms with Crippen LogP contribution in [-0.2, 0) is 19.1 Å². The lowest BCUT2D eigenvalue weighted by Gasteiger charge is -2.46. The lowest BCUT2D eigenvalue weighted by Crippen LogP contribution is -2.68. The van der Waals surface area contributed by atoms with Gasteiger partial charge in [-0.1, -0.05) is 0 Å². The Morgan fingerprint density at radius 1 is 1.45 bits per heavy atom. The quantitative estimate of drug-likeness (QED) is 0.744. The van der Waals surface area contributed by atoms with E-state index in [1.165, 1.54) is 11.8 Å². The molecule has 2 N–H and O–H groups in total. The van der Waals surface area contributed by atoms with Gasteiger partial charge in [0.05, 0.1) is 12.1 Å². The molecule has 2 aliphatic rings. The molecule has 0 unspecified atom stereocenters. The average Bonchev–Trinajstić information content (AvgIpc) is 2.78. The Morgan fingerprint density at radius 3 is 2.60 bits per heavy atom. The molecule has 2 amide bonds. The van der Waals surface area contributed by atoms with Crippen molar-refractivity contribution in [2.75, 3.05) is 7.11 Å². The van der Waals surface area contributed by atoms with Crippen LogP contribution in [-0.4, -0.2) is 58.6 Å². The minimum atomic E-state index is -1.11. The Labute approximate surface area is 117 Å². The van der Waals surface area contributed by atoms with E-state index in [1.807, 2.05) is 0 Å². The van der Waals surface area contributed by atoms with Gasteiger partial charge < -0.3 is 20.1 Å². The fraction of sp³-hybridized carbons (Fsp3) is 0.769. The normalized spacial score (nSPS) is 36.6. The van der Waals surface area contributed by atoms with Crippen molar-refractivity contribution in [3.05, 3.63) is 0 Å². The highest BCUT2D eigenvalue weighted by molar-refractivity contribution is 5.94. The number of aliphatic carboxylic acids is 1. The van der Waals surface area contributed by atoms with E-state index < -0.39 is 17.6 Å². The highest BCUT2D eigenvalue weighted by Gasteiger charge is 2.55. The van der Waals surface area contributed by atoms with Gasteiger partial charge >= 0.3 is 5.97 Å². The van der Waals surface area contributed by atoms with Crippen molar-refractivity contribution in [2.24, 2.45) is 0 Å². The number of piperidine rings is 1. The fourth-order valence-corrected chi connectivity index (χ4v) is 3.38. The van der Waals surface area contributed by atoms with Crippen LogP contribution in [0.3, 0.4) is 0 Å². The topological polar surface area (TPSA) is 95.9 Å². The molecule has 0 aromatic rings. The molecule has 0 saturated carbocycles. The van der Waals surface area contributed by atoms with E-state index in [1.54, 1.807) is 14.0 Å². The molecule has 0 aromatic carbocycles. The lowest BCUT2D eigenvalue weighted by molar-refractivity contribution is -0.162. The predicted molar refractivity (Wildman–Crippen MR) is 68.9 cm³/mol. The number of hydrogen-bond donors (Lipinski definition) is 2. The van der Waals surface area contributed by atoms with Crippen molar-refractivity contribution in [1.82, 2.24) is 10.2 Å². The maximum atomic E-state index is 12.6. The molecule has 2 rings (SSSR count). The number of nitrogens with one attached hydrogen (secondary N) is 1. The molecule has 0 bridgehead atoms. The SMILES string of the molecule is CO[C@H]1C[C@](C)(NC(C)=O)C(=O)N2[C@H](C(=O)O)CC[C@@H]12. The second kappa shape index (κ2) is 5.05. The van der Waals surface area contributed by atoms with E-state index in [4.69, 9.17) is 4.74 Å². The summed E-state index contributed by atoms with van der Waals surface area (Å²) in [5.74, 6) is -1.67. The Bertz CT molecular complexity index is 452. The first-order valence-electron chi connectivity index (χ1n) is 6.67. The van der Waals surface area contributed by atoms with Crippen LogP contribution >= 0.6 is 0 Å². The number of carboxylic acid groups (broad SMARTS) is 1. The molecule has 2 saturated heterocycles. The zero-order valence-corrected chi connectivity index (χ0v) is 11.9. The van der Waals surface area contributed by atoms with Crippen LogP contribution in [0.2, 0.25) is 0 Å². The summed E-state index contributed by atoms with van der Waals surface area (Å²) in [5, 5.41) is 11.9. The highest BCUT2D eigenvalue weighted by atomic mass is 16.5. The largest absolute Gasteiger partial charge is 0.480 e. The molecule has 7 heteroatoms. The lowest BCUT2D eigenvalue weighted by atomic mass is 9.84. The maximum Gasteiger partial charge on any atom is 0.326 e. The van der Waals surface area contributed by atoms with Crippen molar-refractivity contribution >= 4 is 17.8 Å². The van der Waals surface area contributed by atoms with Crippen molar-refractivity contribution in [1.29, 1.82) is 0 Å². The van der Waals surface area contributed by atoms with Gasteiger partial charge in [-0.05, 0) is 19.8 Å². The fourth-order valence-electron chi connectivity index (χ4n) is 3.38. The zero-order chi connectivity index (χ0) is 15.1. The van der Waals surface area contributed by atoms with Gasteiger partial charge in [0.1, 0.15) is 11.6 Å². The summed E-state index contributed by atoms with van der Waals surface area (Å²) in [6.45, 7) is 2.96. The zero-order valence-electron chi connectivity index (χ0n) is 11.9. The molecular formula is C13H20N2O5. The third kappa shape index (κ3) is 2.26. The van der Waals surface area contributed by atoms with Gasteiger partial charge in [0, 0.05) is 20.5 Å². The summed E-state index contributed by atoms with van der Waals surface area (Å²) >= 11 is 0. The second-order valence-electron chi connectivity index (χ2n) is 5.70. The minimum absolute atomic E-state index is 0.226. The number of ether oxygens (including phenoxy) is 1. The Balaban J connectivity index is 2.35. The number of nitrogens with zero attached hydrogens (tertiary/aromatic N) is 1. The van der Waals surface area contributed by atoms with Gasteiger partial charge in [0.15, 0.2) is 0 Å². The number of carboxylic acids is 1. The van der Waals surface area contributed by atoms with Gasteiger partial charge in [0.25, 0.3) is 0 Å². The van der Waals surface area contributed by atoms with Crippen LogP contribution in [0.1, 0.15) is 33.1 Å². The summed E-state index contributed by atoms with van der Waals surface area (Å²) in [7, 11) is 1.54. The highest BCUT2D eigenvalue weighted by Crippen LogP contribution is 2.38. The van der Waals surface area contributed by atoms with Crippen LogP contribution in [0.4, 0.5) is 0 Å². The molecule has 112 valence electrons. The second-order valence-corrected chi connectivity index (χ2v) is 5.70. The molecule has 0 radical (unpaired) electrons. The smallest absolute Gasteiger partial charge is 0.326 e. The minimum Gasteiger partial charge on any atom is -0.480 e. The predicted octanol–water partition coefficient (Wildman–Crippen LogP) is -0.256. The van der Waals surface area contributed by atoms with Gasteiger partial charge in [-0.3, -0.25) is 9.59 Å². The summed E-state index contributed by atoms with van der Waals surface area (Å²) < 4.78 is 5.42. The Morgan fingerprint density at radius 2 is 2.10 bits per heavy atom. The molecule has 0 aromatic heterocycles. The van der Waals surface area contributed by atoms with Gasteiger partial charge in [-0.2, -0.15) is 0 Å². The first kappa shape index (κ1) is 14.8. The van der Waals surface area contributed by atoms with Crippen molar-refractivity contribution in [3.8, 4) is 0 Å². The molecule has 2 aliphatic heterocycles. The molecule has 2 fully saturated rings. The van der Waals surface area contributed by atoms with E-state index in [0.717, 1.165) is 0 Å². The average molecular weight is 284 g/mol. The molecule has 2 heterocycles. The van der Waals surface area contributed by atoms with Crippen LogP contribution in [0, 0.1) is 0 Å². The van der Waals surface area contributed by atoms with Gasteiger partial charge in [0.2, 0.25) is 11.8 Å². The molecule has 7 nitrogen and oxygen atoms in total. The van der Waals surface area contributed by atoms with Crippen molar-refractivity contribution in [2.45, 2.75) is 56.8 Å².